The van der Waals surface area contributed by atoms with E-state index in [1.54, 1.807) is 0 Å². The number of aromatic nitrogens is 1. The molecule has 0 aliphatic carbocycles. The normalized spacial score (nSPS) is 14.3. The lowest BCUT2D eigenvalue weighted by Crippen LogP contribution is -2.36. The van der Waals surface area contributed by atoms with Gasteiger partial charge in [0, 0.05) is 31.4 Å². The van der Waals surface area contributed by atoms with Crippen LogP contribution in [0.15, 0.2) is 39.4 Å². The van der Waals surface area contributed by atoms with Crippen LogP contribution < -0.4 is 4.90 Å². The van der Waals surface area contributed by atoms with Gasteiger partial charge < -0.3 is 13.9 Å². The van der Waals surface area contributed by atoms with E-state index in [1.807, 2.05) is 28.6 Å². The van der Waals surface area contributed by atoms with E-state index in [-0.39, 0.29) is 5.91 Å². The van der Waals surface area contributed by atoms with E-state index in [0.717, 1.165) is 36.2 Å². The maximum Gasteiger partial charge on any atom is 0.275 e. The maximum atomic E-state index is 13.1. The van der Waals surface area contributed by atoms with Crippen LogP contribution in [0.5, 0.6) is 0 Å². The number of rotatable bonds is 1. The average molecular weight is 373 g/mol. The third-order valence-electron chi connectivity index (χ3n) is 4.52. The predicted molar refractivity (Wildman–Crippen MR) is 94.1 cm³/mol. The van der Waals surface area contributed by atoms with Crippen LogP contribution in [0.4, 0.5) is 5.69 Å². The minimum Gasteiger partial charge on any atom is -0.448 e. The number of hydrogen-bond donors (Lipinski definition) is 0. The summed E-state index contributed by atoms with van der Waals surface area (Å²) in [4.78, 5) is 15.0. The van der Waals surface area contributed by atoms with Crippen molar-refractivity contribution >= 4 is 38.6 Å². The smallest absolute Gasteiger partial charge is 0.275 e. The van der Waals surface area contributed by atoms with Gasteiger partial charge >= 0.3 is 0 Å². The zero-order valence-electron chi connectivity index (χ0n) is 13.1. The van der Waals surface area contributed by atoms with Crippen molar-refractivity contribution in [3.63, 3.8) is 0 Å². The second-order valence-corrected chi connectivity index (χ2v) is 6.86. The second kappa shape index (κ2) is 5.27. The maximum absolute atomic E-state index is 13.1. The summed E-state index contributed by atoms with van der Waals surface area (Å²) in [6, 6.07) is 10.0. The summed E-state index contributed by atoms with van der Waals surface area (Å²) in [5, 5.41) is 0. The Kier molecular flexibility index (Phi) is 3.34. The molecule has 0 bridgehead atoms. The molecule has 0 saturated heterocycles. The molecule has 5 heteroatoms. The number of anilines is 1. The lowest BCUT2D eigenvalue weighted by Gasteiger charge is -2.29. The molecule has 2 aromatic heterocycles. The highest BCUT2D eigenvalue weighted by Crippen LogP contribution is 2.31. The van der Waals surface area contributed by atoms with Crippen molar-refractivity contribution in [2.24, 2.45) is 7.05 Å². The number of halogens is 1. The van der Waals surface area contributed by atoms with Crippen molar-refractivity contribution in [3.8, 4) is 0 Å². The summed E-state index contributed by atoms with van der Waals surface area (Å²) in [6.45, 7) is 2.84. The van der Waals surface area contributed by atoms with Crippen LogP contribution in [0.3, 0.4) is 0 Å². The van der Waals surface area contributed by atoms with Gasteiger partial charge in [-0.3, -0.25) is 4.79 Å². The van der Waals surface area contributed by atoms with Crippen LogP contribution in [0.2, 0.25) is 0 Å². The molecular formula is C18H17BrN2O2. The van der Waals surface area contributed by atoms with Gasteiger partial charge in [0.2, 0.25) is 0 Å². The molecule has 3 aromatic rings. The van der Waals surface area contributed by atoms with Crippen LogP contribution >= 0.6 is 15.9 Å². The minimum absolute atomic E-state index is 0.0276. The number of hydrogen-bond acceptors (Lipinski definition) is 2. The van der Waals surface area contributed by atoms with Gasteiger partial charge in [-0.15, -0.1) is 0 Å². The fourth-order valence-electron chi connectivity index (χ4n) is 3.36. The number of nitrogens with zero attached hydrogens (tertiary/aromatic N) is 2. The van der Waals surface area contributed by atoms with Gasteiger partial charge in [-0.2, -0.15) is 0 Å². The van der Waals surface area contributed by atoms with Crippen molar-refractivity contribution in [3.05, 3.63) is 51.8 Å². The van der Waals surface area contributed by atoms with Crippen molar-refractivity contribution in [2.75, 3.05) is 11.4 Å². The summed E-state index contributed by atoms with van der Waals surface area (Å²) < 4.78 is 8.15. The van der Waals surface area contributed by atoms with Crippen molar-refractivity contribution in [1.29, 1.82) is 0 Å². The molecule has 0 spiro atoms. The molecule has 1 aromatic carbocycles. The number of carbonyl (C=O) groups is 1. The molecule has 4 nitrogen and oxygen atoms in total. The molecule has 23 heavy (non-hydrogen) atoms. The minimum atomic E-state index is 0.0276. The molecule has 0 N–H and O–H groups in total. The van der Waals surface area contributed by atoms with Crippen LogP contribution in [-0.2, 0) is 13.5 Å². The van der Waals surface area contributed by atoms with Crippen LogP contribution in [0.1, 0.15) is 28.0 Å². The van der Waals surface area contributed by atoms with E-state index in [4.69, 9.17) is 4.42 Å². The first-order valence-electron chi connectivity index (χ1n) is 7.71. The molecule has 4 rings (SSSR count). The highest BCUT2D eigenvalue weighted by Gasteiger charge is 2.26. The third-order valence-corrected chi connectivity index (χ3v) is 4.91. The van der Waals surface area contributed by atoms with Gasteiger partial charge in [0.1, 0.15) is 5.69 Å². The van der Waals surface area contributed by atoms with Gasteiger partial charge in [-0.1, -0.05) is 17.7 Å². The molecule has 1 aliphatic rings. The summed E-state index contributed by atoms with van der Waals surface area (Å²) in [7, 11) is 1.90. The fraction of sp³-hybridized carbons (Fsp3) is 0.278. The lowest BCUT2D eigenvalue weighted by atomic mass is 9.99. The van der Waals surface area contributed by atoms with Crippen molar-refractivity contribution in [2.45, 2.75) is 19.8 Å². The van der Waals surface area contributed by atoms with Crippen molar-refractivity contribution < 1.29 is 9.21 Å². The zero-order valence-corrected chi connectivity index (χ0v) is 14.7. The Morgan fingerprint density at radius 3 is 2.87 bits per heavy atom. The average Bonchev–Trinajstić information content (AvgIpc) is 3.03. The summed E-state index contributed by atoms with van der Waals surface area (Å²) >= 11 is 3.33. The van der Waals surface area contributed by atoms with Gasteiger partial charge in [-0.05, 0) is 47.3 Å². The zero-order chi connectivity index (χ0) is 16.1. The van der Waals surface area contributed by atoms with E-state index >= 15 is 0 Å². The molecule has 118 valence electrons. The predicted octanol–water partition coefficient (Wildman–Crippen LogP) is 4.44. The molecule has 1 amide bonds. The Hall–Kier alpha value is -2.01. The quantitative estimate of drug-likeness (QED) is 0.633. The van der Waals surface area contributed by atoms with Gasteiger partial charge in [-0.25, -0.2) is 0 Å². The number of aryl methyl sites for hydroxylation is 3. The second-order valence-electron chi connectivity index (χ2n) is 6.08. The fourth-order valence-corrected chi connectivity index (χ4v) is 3.75. The number of benzene rings is 1. The first-order valence-corrected chi connectivity index (χ1v) is 8.50. The van der Waals surface area contributed by atoms with Gasteiger partial charge in [0.05, 0.1) is 5.52 Å². The Balaban J connectivity index is 1.77. The molecule has 0 unspecified atom stereocenters. The molecule has 0 atom stereocenters. The Morgan fingerprint density at radius 2 is 2.09 bits per heavy atom. The monoisotopic (exact) mass is 372 g/mol. The topological polar surface area (TPSA) is 38.4 Å². The first kappa shape index (κ1) is 14.6. The Bertz CT molecular complexity index is 923. The van der Waals surface area contributed by atoms with Crippen LogP contribution in [-0.4, -0.2) is 17.0 Å². The molecule has 3 heterocycles. The van der Waals surface area contributed by atoms with Gasteiger partial charge in [0.15, 0.2) is 10.3 Å². The Labute approximate surface area is 142 Å². The number of amides is 1. The highest BCUT2D eigenvalue weighted by molar-refractivity contribution is 9.10. The summed E-state index contributed by atoms with van der Waals surface area (Å²) in [5.74, 6) is 0.0276. The standard InChI is InChI=1S/C18H17BrN2O2/c1-11-5-6-13-12(8-11)4-3-7-21(13)18(22)15-9-16-14(20(15)2)10-17(19)23-16/h5-6,8-10H,3-4,7H2,1-2H3. The van der Waals surface area contributed by atoms with Crippen LogP contribution in [0.25, 0.3) is 11.1 Å². The largest absolute Gasteiger partial charge is 0.448 e. The van der Waals surface area contributed by atoms with Gasteiger partial charge in [0.25, 0.3) is 5.91 Å². The Morgan fingerprint density at radius 1 is 1.26 bits per heavy atom. The molecule has 0 saturated carbocycles. The first-order chi connectivity index (χ1) is 11.0. The number of furan rings is 1. The van der Waals surface area contributed by atoms with E-state index < -0.39 is 0 Å². The molecule has 0 fully saturated rings. The summed E-state index contributed by atoms with van der Waals surface area (Å²) in [6.07, 6.45) is 2.03. The van der Waals surface area contributed by atoms with Crippen LogP contribution in [0, 0.1) is 6.92 Å². The number of carbonyl (C=O) groups excluding carboxylic acids is 1. The SMILES string of the molecule is Cc1ccc2c(c1)CCCN2C(=O)c1cc2oc(Br)cc2n1C. The van der Waals surface area contributed by atoms with E-state index in [9.17, 15) is 4.79 Å². The van der Waals surface area contributed by atoms with Crippen molar-refractivity contribution in [1.82, 2.24) is 4.57 Å². The van der Waals surface area contributed by atoms with E-state index in [2.05, 4.69) is 41.1 Å². The molecular weight excluding hydrogens is 356 g/mol. The third kappa shape index (κ3) is 2.30. The molecule has 1 aliphatic heterocycles. The van der Waals surface area contributed by atoms with E-state index in [1.165, 1.54) is 11.1 Å². The lowest BCUT2D eigenvalue weighted by molar-refractivity contribution is 0.0977. The molecule has 0 radical (unpaired) electrons. The number of fused-ring (bicyclic) bond motifs is 2. The highest BCUT2D eigenvalue weighted by atomic mass is 79.9. The summed E-state index contributed by atoms with van der Waals surface area (Å²) in [5.41, 5.74) is 5.82. The van der Waals surface area contributed by atoms with E-state index in [0.29, 0.717) is 10.4 Å².